The summed E-state index contributed by atoms with van der Waals surface area (Å²) in [5.74, 6) is 2.39. The number of nitrogens with one attached hydrogen (secondary N) is 1. The first-order valence-electron chi connectivity index (χ1n) is 7.35. The van der Waals surface area contributed by atoms with E-state index in [1.165, 1.54) is 24.0 Å². The van der Waals surface area contributed by atoms with Crippen LogP contribution < -0.4 is 14.8 Å². The molecule has 0 atom stereocenters. The normalized spacial score (nSPS) is 13.8. The lowest BCUT2D eigenvalue weighted by molar-refractivity contribution is 0.395. The van der Waals surface area contributed by atoms with Gasteiger partial charge in [-0.05, 0) is 42.0 Å². The zero-order valence-corrected chi connectivity index (χ0v) is 12.6. The zero-order valence-electron chi connectivity index (χ0n) is 12.6. The van der Waals surface area contributed by atoms with Crippen molar-refractivity contribution in [2.45, 2.75) is 25.3 Å². The fraction of sp³-hybridized carbons (Fsp3) is 0.333. The second-order valence-corrected chi connectivity index (χ2v) is 5.44. The molecule has 0 amide bonds. The van der Waals surface area contributed by atoms with Crippen molar-refractivity contribution in [1.82, 2.24) is 0 Å². The maximum Gasteiger partial charge on any atom is 0.145 e. The van der Waals surface area contributed by atoms with Crippen LogP contribution in [0.2, 0.25) is 0 Å². The third-order valence-corrected chi connectivity index (χ3v) is 3.89. The summed E-state index contributed by atoms with van der Waals surface area (Å²) in [6.45, 7) is 0.795. The van der Waals surface area contributed by atoms with Crippen LogP contribution in [0.4, 0.5) is 5.69 Å². The Labute approximate surface area is 125 Å². The number of rotatable bonds is 6. The van der Waals surface area contributed by atoms with E-state index in [4.69, 9.17) is 9.47 Å². The molecule has 110 valence electrons. The summed E-state index contributed by atoms with van der Waals surface area (Å²) in [6, 6.07) is 14.7. The molecule has 0 radical (unpaired) electrons. The van der Waals surface area contributed by atoms with Gasteiger partial charge in [0, 0.05) is 12.6 Å². The lowest BCUT2D eigenvalue weighted by Crippen LogP contribution is -2.02. The maximum absolute atomic E-state index is 5.41. The van der Waals surface area contributed by atoms with Crippen LogP contribution in [0.15, 0.2) is 42.5 Å². The Morgan fingerprint density at radius 3 is 2.62 bits per heavy atom. The van der Waals surface area contributed by atoms with Gasteiger partial charge in [-0.2, -0.15) is 0 Å². The molecule has 0 unspecified atom stereocenters. The van der Waals surface area contributed by atoms with Crippen molar-refractivity contribution in [3.8, 4) is 11.5 Å². The Kier molecular flexibility index (Phi) is 4.00. The second kappa shape index (κ2) is 6.08. The summed E-state index contributed by atoms with van der Waals surface area (Å²) >= 11 is 0. The van der Waals surface area contributed by atoms with Crippen molar-refractivity contribution in [2.24, 2.45) is 0 Å². The number of hydrogen-bond donors (Lipinski definition) is 1. The monoisotopic (exact) mass is 283 g/mol. The number of hydrogen-bond acceptors (Lipinski definition) is 3. The van der Waals surface area contributed by atoms with Gasteiger partial charge in [0.25, 0.3) is 0 Å². The highest BCUT2D eigenvalue weighted by Gasteiger charge is 2.23. The van der Waals surface area contributed by atoms with Crippen LogP contribution in [0.3, 0.4) is 0 Å². The Morgan fingerprint density at radius 1 is 1.05 bits per heavy atom. The highest BCUT2D eigenvalue weighted by atomic mass is 16.5. The smallest absolute Gasteiger partial charge is 0.145 e. The summed E-state index contributed by atoms with van der Waals surface area (Å²) in [5, 5.41) is 3.44. The van der Waals surface area contributed by atoms with E-state index in [2.05, 4.69) is 29.6 Å². The summed E-state index contributed by atoms with van der Waals surface area (Å²) in [5.41, 5.74) is 3.75. The first-order chi connectivity index (χ1) is 10.3. The van der Waals surface area contributed by atoms with Gasteiger partial charge in [-0.1, -0.05) is 24.3 Å². The van der Waals surface area contributed by atoms with Gasteiger partial charge in [-0.15, -0.1) is 0 Å². The average molecular weight is 283 g/mol. The third kappa shape index (κ3) is 3.30. The summed E-state index contributed by atoms with van der Waals surface area (Å²) < 4.78 is 10.6. The standard InChI is InChI=1S/C18H21NO2/c1-20-16-8-9-17(18(11-16)21-2)19-12-13-4-3-5-15(10-13)14-6-7-14/h3-5,8-11,14,19H,6-7,12H2,1-2H3. The molecule has 3 nitrogen and oxygen atoms in total. The van der Waals surface area contributed by atoms with Crippen molar-refractivity contribution >= 4 is 5.69 Å². The fourth-order valence-corrected chi connectivity index (χ4v) is 2.52. The minimum Gasteiger partial charge on any atom is -0.497 e. The van der Waals surface area contributed by atoms with Crippen LogP contribution in [-0.2, 0) is 6.54 Å². The number of ether oxygens (including phenoxy) is 2. The fourth-order valence-electron chi connectivity index (χ4n) is 2.52. The topological polar surface area (TPSA) is 30.5 Å². The number of anilines is 1. The van der Waals surface area contributed by atoms with Crippen LogP contribution in [-0.4, -0.2) is 14.2 Å². The molecule has 1 saturated carbocycles. The van der Waals surface area contributed by atoms with Gasteiger partial charge < -0.3 is 14.8 Å². The molecular weight excluding hydrogens is 262 g/mol. The predicted molar refractivity (Wildman–Crippen MR) is 85.3 cm³/mol. The lowest BCUT2D eigenvalue weighted by atomic mass is 10.1. The van der Waals surface area contributed by atoms with E-state index in [1.807, 2.05) is 18.2 Å². The molecule has 0 aromatic heterocycles. The van der Waals surface area contributed by atoms with Gasteiger partial charge in [-0.3, -0.25) is 0 Å². The minimum atomic E-state index is 0.792. The first kappa shape index (κ1) is 13.8. The van der Waals surface area contributed by atoms with Crippen LogP contribution >= 0.6 is 0 Å². The molecule has 0 bridgehead atoms. The molecule has 0 aliphatic heterocycles. The lowest BCUT2D eigenvalue weighted by Gasteiger charge is -2.13. The largest absolute Gasteiger partial charge is 0.497 e. The van der Waals surface area contributed by atoms with Crippen molar-refractivity contribution < 1.29 is 9.47 Å². The Bertz CT molecular complexity index is 620. The van der Waals surface area contributed by atoms with Gasteiger partial charge in [0.2, 0.25) is 0 Å². The van der Waals surface area contributed by atoms with Crippen molar-refractivity contribution in [2.75, 3.05) is 19.5 Å². The van der Waals surface area contributed by atoms with Gasteiger partial charge >= 0.3 is 0 Å². The summed E-state index contributed by atoms with van der Waals surface area (Å²) in [4.78, 5) is 0. The predicted octanol–water partition coefficient (Wildman–Crippen LogP) is 4.19. The van der Waals surface area contributed by atoms with E-state index in [0.29, 0.717) is 0 Å². The van der Waals surface area contributed by atoms with Crippen molar-refractivity contribution in [1.29, 1.82) is 0 Å². The molecule has 21 heavy (non-hydrogen) atoms. The minimum absolute atomic E-state index is 0.792. The third-order valence-electron chi connectivity index (χ3n) is 3.89. The molecule has 0 saturated heterocycles. The van der Waals surface area contributed by atoms with E-state index in [-0.39, 0.29) is 0 Å². The van der Waals surface area contributed by atoms with E-state index in [0.717, 1.165) is 29.6 Å². The molecule has 3 rings (SSSR count). The first-order valence-corrected chi connectivity index (χ1v) is 7.35. The quantitative estimate of drug-likeness (QED) is 0.862. The van der Waals surface area contributed by atoms with E-state index >= 15 is 0 Å². The van der Waals surface area contributed by atoms with Gasteiger partial charge in [-0.25, -0.2) is 0 Å². The molecule has 1 aliphatic carbocycles. The Balaban J connectivity index is 1.70. The summed E-state index contributed by atoms with van der Waals surface area (Å²) in [6.07, 6.45) is 2.67. The van der Waals surface area contributed by atoms with Crippen LogP contribution in [0.25, 0.3) is 0 Å². The average Bonchev–Trinajstić information content (AvgIpc) is 3.38. The van der Waals surface area contributed by atoms with Crippen LogP contribution in [0, 0.1) is 0 Å². The summed E-state index contributed by atoms with van der Waals surface area (Å²) in [7, 11) is 3.33. The van der Waals surface area contributed by atoms with E-state index in [9.17, 15) is 0 Å². The van der Waals surface area contributed by atoms with Crippen LogP contribution in [0.5, 0.6) is 11.5 Å². The Hall–Kier alpha value is -2.16. The molecule has 3 heteroatoms. The van der Waals surface area contributed by atoms with Gasteiger partial charge in [0.1, 0.15) is 11.5 Å². The van der Waals surface area contributed by atoms with E-state index < -0.39 is 0 Å². The zero-order chi connectivity index (χ0) is 14.7. The maximum atomic E-state index is 5.41. The molecular formula is C18H21NO2. The molecule has 1 fully saturated rings. The molecule has 2 aromatic rings. The number of methoxy groups -OCH3 is 2. The Morgan fingerprint density at radius 2 is 1.90 bits per heavy atom. The number of benzene rings is 2. The molecule has 1 aliphatic rings. The highest BCUT2D eigenvalue weighted by Crippen LogP contribution is 2.40. The van der Waals surface area contributed by atoms with Gasteiger partial charge in [0.15, 0.2) is 0 Å². The van der Waals surface area contributed by atoms with Crippen LogP contribution in [0.1, 0.15) is 29.9 Å². The van der Waals surface area contributed by atoms with Crippen molar-refractivity contribution in [3.05, 3.63) is 53.6 Å². The van der Waals surface area contributed by atoms with Gasteiger partial charge in [0.05, 0.1) is 19.9 Å². The van der Waals surface area contributed by atoms with Crippen molar-refractivity contribution in [3.63, 3.8) is 0 Å². The molecule has 0 heterocycles. The SMILES string of the molecule is COc1ccc(NCc2cccc(C3CC3)c2)c(OC)c1. The molecule has 0 spiro atoms. The molecule has 2 aromatic carbocycles. The molecule has 1 N–H and O–H groups in total. The highest BCUT2D eigenvalue weighted by molar-refractivity contribution is 5.59. The van der Waals surface area contributed by atoms with E-state index in [1.54, 1.807) is 14.2 Å². The second-order valence-electron chi connectivity index (χ2n) is 5.44.